The van der Waals surface area contributed by atoms with E-state index in [4.69, 9.17) is 9.47 Å². The second-order valence-electron chi connectivity index (χ2n) is 7.63. The first-order valence-electron chi connectivity index (χ1n) is 10.1. The number of hydrogen-bond donors (Lipinski definition) is 1. The zero-order valence-corrected chi connectivity index (χ0v) is 17.9. The third-order valence-electron chi connectivity index (χ3n) is 4.95. The van der Waals surface area contributed by atoms with Gasteiger partial charge in [0.2, 0.25) is 0 Å². The van der Waals surface area contributed by atoms with Crippen LogP contribution >= 0.6 is 0 Å². The van der Waals surface area contributed by atoms with Gasteiger partial charge in [0, 0.05) is 30.1 Å². The summed E-state index contributed by atoms with van der Waals surface area (Å²) in [5, 5.41) is 4.21. The molecule has 0 unspecified atom stereocenters. The minimum absolute atomic E-state index is 0.0684. The molecule has 0 atom stereocenters. The highest BCUT2D eigenvalue weighted by Gasteiger charge is 2.15. The van der Waals surface area contributed by atoms with Gasteiger partial charge in [-0.15, -0.1) is 0 Å². The van der Waals surface area contributed by atoms with Gasteiger partial charge < -0.3 is 19.4 Å². The lowest BCUT2D eigenvalue weighted by atomic mass is 10.1. The maximum absolute atomic E-state index is 13.0. The number of pyridine rings is 1. The summed E-state index contributed by atoms with van der Waals surface area (Å²) in [6.07, 6.45) is 2.33. The van der Waals surface area contributed by atoms with Crippen LogP contribution in [0.2, 0.25) is 0 Å². The molecule has 0 aliphatic carbocycles. The second-order valence-corrected chi connectivity index (χ2v) is 7.63. The Labute approximate surface area is 176 Å². The van der Waals surface area contributed by atoms with Crippen LogP contribution in [0.3, 0.4) is 0 Å². The number of aromatic nitrogens is 1. The molecule has 1 heterocycles. The van der Waals surface area contributed by atoms with Gasteiger partial charge >= 0.3 is 0 Å². The molecule has 0 spiro atoms. The van der Waals surface area contributed by atoms with Gasteiger partial charge in [0.25, 0.3) is 11.5 Å². The predicted octanol–water partition coefficient (Wildman–Crippen LogP) is 3.65. The van der Waals surface area contributed by atoms with E-state index >= 15 is 0 Å². The largest absolute Gasteiger partial charge is 0.493 e. The third kappa shape index (κ3) is 4.64. The van der Waals surface area contributed by atoms with Gasteiger partial charge in [0.15, 0.2) is 11.5 Å². The van der Waals surface area contributed by atoms with Gasteiger partial charge in [-0.3, -0.25) is 9.59 Å². The van der Waals surface area contributed by atoms with E-state index < -0.39 is 0 Å². The highest BCUT2D eigenvalue weighted by atomic mass is 16.5. The number of hydrogen-bond acceptors (Lipinski definition) is 4. The fourth-order valence-corrected chi connectivity index (χ4v) is 3.50. The molecule has 30 heavy (non-hydrogen) atoms. The normalized spacial score (nSPS) is 11.0. The molecule has 0 aliphatic rings. The van der Waals surface area contributed by atoms with E-state index in [2.05, 4.69) is 5.32 Å². The molecule has 0 radical (unpaired) electrons. The molecule has 6 nitrogen and oxygen atoms in total. The van der Waals surface area contributed by atoms with Crippen molar-refractivity contribution in [2.45, 2.75) is 26.8 Å². The van der Waals surface area contributed by atoms with E-state index in [0.717, 1.165) is 5.56 Å². The fourth-order valence-electron chi connectivity index (χ4n) is 3.50. The van der Waals surface area contributed by atoms with Gasteiger partial charge in [-0.05, 0) is 36.1 Å². The van der Waals surface area contributed by atoms with E-state index in [9.17, 15) is 9.59 Å². The Bertz CT molecular complexity index is 1100. The Morgan fingerprint density at radius 1 is 1.03 bits per heavy atom. The average Bonchev–Trinajstić information content (AvgIpc) is 2.75. The summed E-state index contributed by atoms with van der Waals surface area (Å²) in [6, 6.07) is 13.0. The summed E-state index contributed by atoms with van der Waals surface area (Å²) in [4.78, 5) is 25.7. The minimum Gasteiger partial charge on any atom is -0.493 e. The van der Waals surface area contributed by atoms with E-state index in [1.165, 1.54) is 0 Å². The van der Waals surface area contributed by atoms with Crippen LogP contribution in [-0.2, 0) is 13.0 Å². The monoisotopic (exact) mass is 408 g/mol. The summed E-state index contributed by atoms with van der Waals surface area (Å²) < 4.78 is 12.2. The number of ether oxygens (including phenoxy) is 2. The predicted molar refractivity (Wildman–Crippen MR) is 119 cm³/mol. The van der Waals surface area contributed by atoms with Crippen molar-refractivity contribution in [3.63, 3.8) is 0 Å². The molecule has 1 amide bonds. The van der Waals surface area contributed by atoms with E-state index in [0.29, 0.717) is 53.3 Å². The lowest BCUT2D eigenvalue weighted by Crippen LogP contribution is -2.29. The topological polar surface area (TPSA) is 69.6 Å². The van der Waals surface area contributed by atoms with Crippen LogP contribution in [0.15, 0.2) is 53.5 Å². The Balaban J connectivity index is 1.80. The highest BCUT2D eigenvalue weighted by molar-refractivity contribution is 6.06. The van der Waals surface area contributed by atoms with E-state index in [-0.39, 0.29) is 11.5 Å². The lowest BCUT2D eigenvalue weighted by Gasteiger charge is -2.14. The van der Waals surface area contributed by atoms with Crippen LogP contribution in [0.1, 0.15) is 29.8 Å². The van der Waals surface area contributed by atoms with E-state index in [1.807, 2.05) is 50.2 Å². The molecule has 0 aliphatic heterocycles. The van der Waals surface area contributed by atoms with Crippen molar-refractivity contribution in [1.82, 2.24) is 9.88 Å². The van der Waals surface area contributed by atoms with Gasteiger partial charge in [0.05, 0.1) is 19.8 Å². The van der Waals surface area contributed by atoms with Crippen molar-refractivity contribution in [2.24, 2.45) is 5.92 Å². The molecule has 0 saturated heterocycles. The van der Waals surface area contributed by atoms with Crippen molar-refractivity contribution in [3.05, 3.63) is 70.1 Å². The van der Waals surface area contributed by atoms with Crippen molar-refractivity contribution in [2.75, 3.05) is 20.8 Å². The Hall–Kier alpha value is -3.28. The minimum atomic E-state index is -0.191. The van der Waals surface area contributed by atoms with Crippen molar-refractivity contribution in [3.8, 4) is 11.5 Å². The lowest BCUT2D eigenvalue weighted by molar-refractivity contribution is 0.0955. The zero-order chi connectivity index (χ0) is 21.7. The fraction of sp³-hybridized carbons (Fsp3) is 0.333. The number of amides is 1. The van der Waals surface area contributed by atoms with E-state index in [1.54, 1.807) is 31.0 Å². The molecule has 6 heteroatoms. The smallest absolute Gasteiger partial charge is 0.258 e. The third-order valence-corrected chi connectivity index (χ3v) is 4.95. The van der Waals surface area contributed by atoms with Crippen LogP contribution in [-0.4, -0.2) is 31.2 Å². The second kappa shape index (κ2) is 9.48. The first kappa shape index (κ1) is 21.4. The summed E-state index contributed by atoms with van der Waals surface area (Å²) >= 11 is 0. The number of methoxy groups -OCH3 is 2. The number of carbonyl (C=O) groups excluding carboxylic acids is 1. The maximum Gasteiger partial charge on any atom is 0.258 e. The molecule has 3 aromatic rings. The van der Waals surface area contributed by atoms with Gasteiger partial charge in [0.1, 0.15) is 0 Å². The molecule has 2 aromatic carbocycles. The number of nitrogens with one attached hydrogen (secondary N) is 1. The Morgan fingerprint density at radius 2 is 1.73 bits per heavy atom. The summed E-state index contributed by atoms with van der Waals surface area (Å²) in [5.74, 6) is 1.44. The van der Waals surface area contributed by atoms with Crippen molar-refractivity contribution >= 4 is 16.7 Å². The first-order chi connectivity index (χ1) is 14.4. The van der Waals surface area contributed by atoms with Gasteiger partial charge in [-0.2, -0.15) is 0 Å². The number of benzene rings is 2. The highest BCUT2D eigenvalue weighted by Crippen LogP contribution is 2.27. The number of fused-ring (bicyclic) bond motifs is 1. The van der Waals surface area contributed by atoms with Crippen LogP contribution in [0.5, 0.6) is 11.5 Å². The molecule has 3 rings (SSSR count). The molecular formula is C24H28N2O4. The number of rotatable bonds is 8. The van der Waals surface area contributed by atoms with Crippen LogP contribution in [0.25, 0.3) is 10.8 Å². The van der Waals surface area contributed by atoms with Crippen LogP contribution in [0.4, 0.5) is 0 Å². The molecule has 0 fully saturated rings. The average molecular weight is 408 g/mol. The van der Waals surface area contributed by atoms with Gasteiger partial charge in [-0.25, -0.2) is 0 Å². The quantitative estimate of drug-likeness (QED) is 0.618. The molecule has 1 N–H and O–H groups in total. The van der Waals surface area contributed by atoms with Gasteiger partial charge in [-0.1, -0.05) is 38.1 Å². The van der Waals surface area contributed by atoms with Crippen molar-refractivity contribution in [1.29, 1.82) is 0 Å². The summed E-state index contributed by atoms with van der Waals surface area (Å²) in [6.45, 7) is 5.12. The number of carbonyl (C=O) groups is 1. The molecular weight excluding hydrogens is 380 g/mol. The summed E-state index contributed by atoms with van der Waals surface area (Å²) in [5.41, 5.74) is 1.47. The molecule has 0 bridgehead atoms. The summed E-state index contributed by atoms with van der Waals surface area (Å²) in [7, 11) is 3.20. The first-order valence-corrected chi connectivity index (χ1v) is 10.1. The van der Waals surface area contributed by atoms with Crippen LogP contribution < -0.4 is 20.3 Å². The van der Waals surface area contributed by atoms with Crippen LogP contribution in [0, 0.1) is 5.92 Å². The Kier molecular flexibility index (Phi) is 6.77. The molecule has 1 aromatic heterocycles. The molecule has 0 saturated carbocycles. The SMILES string of the molecule is COc1ccc(CCNC(=O)c2cn(CC(C)C)c(=O)c3ccccc23)cc1OC. The Morgan fingerprint density at radius 3 is 2.40 bits per heavy atom. The number of nitrogens with zero attached hydrogens (tertiary/aromatic N) is 1. The standard InChI is InChI=1S/C24H28N2O4/c1-16(2)14-26-15-20(18-7-5-6-8-19(18)24(26)28)23(27)25-12-11-17-9-10-21(29-3)22(13-17)30-4/h5-10,13,15-16H,11-12,14H2,1-4H3,(H,25,27). The maximum atomic E-state index is 13.0. The molecule has 158 valence electrons. The van der Waals surface area contributed by atoms with Crippen molar-refractivity contribution < 1.29 is 14.3 Å². The zero-order valence-electron chi connectivity index (χ0n) is 17.9.